The highest BCUT2D eigenvalue weighted by Crippen LogP contribution is 2.30. The Balaban J connectivity index is 3.51. The van der Waals surface area contributed by atoms with Gasteiger partial charge in [-0.25, -0.2) is 4.79 Å². The Labute approximate surface area is 188 Å². The van der Waals surface area contributed by atoms with Crippen molar-refractivity contribution in [3.05, 3.63) is 0 Å². The molecule has 0 unspecified atom stereocenters. The van der Waals surface area contributed by atoms with Crippen molar-refractivity contribution >= 4 is 41.7 Å². The van der Waals surface area contributed by atoms with E-state index in [0.717, 1.165) is 41.5 Å². The van der Waals surface area contributed by atoms with Crippen LogP contribution in [0, 0.1) is 0 Å². The van der Waals surface area contributed by atoms with Crippen molar-refractivity contribution in [2.24, 2.45) is 5.16 Å². The van der Waals surface area contributed by atoms with Gasteiger partial charge in [0.1, 0.15) is 6.61 Å². The molecule has 14 nitrogen and oxygen atoms in total. The zero-order valence-electron chi connectivity index (χ0n) is 18.8. The Morgan fingerprint density at radius 2 is 1.36 bits per heavy atom. The van der Waals surface area contributed by atoms with Crippen LogP contribution in [0.2, 0.25) is 0 Å². The third kappa shape index (κ3) is 9.13. The maximum absolute atomic E-state index is 11.8. The summed E-state index contributed by atoms with van der Waals surface area (Å²) in [7, 11) is 0. The highest BCUT2D eigenvalue weighted by Gasteiger charge is 2.55. The summed E-state index contributed by atoms with van der Waals surface area (Å²) in [6.07, 6.45) is -7.46. The molecule has 0 saturated carbocycles. The molecular weight excluding hydrogens is 450 g/mol. The van der Waals surface area contributed by atoms with E-state index in [9.17, 15) is 28.8 Å². The van der Waals surface area contributed by atoms with Crippen LogP contribution in [-0.4, -0.2) is 78.8 Å². The SMILES string of the molecule is CC(=O)OC[C@@H](OC(C)=O)[C@H](OC(C)=O)[C@H]1O/C(=N\OC(C)=O)[C@@H](OC(C)=O)[C@@H]1OC(C)=O. The van der Waals surface area contributed by atoms with Gasteiger partial charge in [0, 0.05) is 41.5 Å². The van der Waals surface area contributed by atoms with Crippen molar-refractivity contribution in [2.45, 2.75) is 72.1 Å². The number of carbonyl (C=O) groups is 6. The molecule has 1 heterocycles. The summed E-state index contributed by atoms with van der Waals surface area (Å²) in [4.78, 5) is 73.8. The van der Waals surface area contributed by atoms with Crippen molar-refractivity contribution in [1.82, 2.24) is 0 Å². The molecule has 1 aliphatic heterocycles. The van der Waals surface area contributed by atoms with Gasteiger partial charge in [-0.1, -0.05) is 0 Å². The first-order chi connectivity index (χ1) is 15.3. The quantitative estimate of drug-likeness (QED) is 0.181. The lowest BCUT2D eigenvalue weighted by Gasteiger charge is -2.31. The molecule has 33 heavy (non-hydrogen) atoms. The average Bonchev–Trinajstić information content (AvgIpc) is 2.97. The molecule has 1 saturated heterocycles. The van der Waals surface area contributed by atoms with E-state index >= 15 is 0 Å². The van der Waals surface area contributed by atoms with Gasteiger partial charge in [-0.3, -0.25) is 24.0 Å². The number of hydrogen-bond acceptors (Lipinski definition) is 14. The second-order valence-electron chi connectivity index (χ2n) is 6.72. The number of esters is 5. The van der Waals surface area contributed by atoms with Crippen molar-refractivity contribution in [3.63, 3.8) is 0 Å². The standard InChI is InChI=1S/C19H25NO13/c1-8(21)27-7-14(28-9(2)22)15(29-10(3)23)16-17(30-11(4)24)18(31-12(5)25)19(32-16)20-33-13(6)26/h14-18H,7H2,1-6H3/b20-19-/t14-,15+,16-,17-,18+/m1/s1. The van der Waals surface area contributed by atoms with E-state index in [1.165, 1.54) is 0 Å². The number of oxime groups is 1. The molecular formula is C19H25NO13. The highest BCUT2D eigenvalue weighted by molar-refractivity contribution is 5.87. The molecule has 1 aliphatic rings. The number of nitrogens with zero attached hydrogens (tertiary/aromatic N) is 1. The third-order valence-electron chi connectivity index (χ3n) is 3.74. The number of hydrogen-bond donors (Lipinski definition) is 0. The molecule has 184 valence electrons. The lowest BCUT2D eigenvalue weighted by atomic mass is 10.0. The molecule has 0 bridgehead atoms. The minimum atomic E-state index is -1.54. The summed E-state index contributed by atoms with van der Waals surface area (Å²) in [5.41, 5.74) is 0. The minimum Gasteiger partial charge on any atom is -0.464 e. The Morgan fingerprint density at radius 1 is 0.788 bits per heavy atom. The van der Waals surface area contributed by atoms with Crippen molar-refractivity contribution in [3.8, 4) is 0 Å². The zero-order valence-corrected chi connectivity index (χ0v) is 18.8. The molecule has 14 heteroatoms. The fourth-order valence-corrected chi connectivity index (χ4v) is 2.79. The predicted molar refractivity (Wildman–Crippen MR) is 103 cm³/mol. The molecule has 0 aromatic heterocycles. The first-order valence-corrected chi connectivity index (χ1v) is 9.56. The van der Waals surface area contributed by atoms with E-state index in [0.29, 0.717) is 0 Å². The van der Waals surface area contributed by atoms with Crippen LogP contribution < -0.4 is 0 Å². The lowest BCUT2D eigenvalue weighted by Crippen LogP contribution is -2.52. The molecule has 0 N–H and O–H groups in total. The lowest BCUT2D eigenvalue weighted by molar-refractivity contribution is -0.190. The van der Waals surface area contributed by atoms with Gasteiger partial charge in [0.15, 0.2) is 24.4 Å². The fraction of sp³-hybridized carbons (Fsp3) is 0.632. The molecule has 0 aliphatic carbocycles. The maximum atomic E-state index is 11.8. The van der Waals surface area contributed by atoms with E-state index in [1.807, 2.05) is 0 Å². The first kappa shape index (κ1) is 27.3. The molecule has 0 aromatic carbocycles. The summed E-state index contributed by atoms with van der Waals surface area (Å²) in [6, 6.07) is 0. The first-order valence-electron chi connectivity index (χ1n) is 9.56. The van der Waals surface area contributed by atoms with Gasteiger partial charge < -0.3 is 33.3 Å². The van der Waals surface area contributed by atoms with Crippen LogP contribution in [0.3, 0.4) is 0 Å². The predicted octanol–water partition coefficient (Wildman–Crippen LogP) is -0.448. The molecule has 0 radical (unpaired) electrons. The second kappa shape index (κ2) is 12.4. The molecule has 0 spiro atoms. The van der Waals surface area contributed by atoms with E-state index in [2.05, 4.69) is 9.99 Å². The van der Waals surface area contributed by atoms with Crippen LogP contribution in [0.1, 0.15) is 41.5 Å². The van der Waals surface area contributed by atoms with Crippen LogP contribution in [0.4, 0.5) is 0 Å². The van der Waals surface area contributed by atoms with Crippen LogP contribution >= 0.6 is 0 Å². The van der Waals surface area contributed by atoms with E-state index < -0.39 is 78.8 Å². The van der Waals surface area contributed by atoms with Crippen molar-refractivity contribution < 1.29 is 62.0 Å². The summed E-state index contributed by atoms with van der Waals surface area (Å²) in [5.74, 6) is -5.43. The maximum Gasteiger partial charge on any atom is 0.332 e. The Bertz CT molecular complexity index is 821. The van der Waals surface area contributed by atoms with Crippen LogP contribution in [0.25, 0.3) is 0 Å². The highest BCUT2D eigenvalue weighted by atomic mass is 16.7. The number of carbonyl (C=O) groups excluding carboxylic acids is 6. The Kier molecular flexibility index (Phi) is 10.2. The van der Waals surface area contributed by atoms with Crippen LogP contribution in [-0.2, 0) is 62.0 Å². The Morgan fingerprint density at radius 3 is 1.82 bits per heavy atom. The van der Waals surface area contributed by atoms with Crippen molar-refractivity contribution in [2.75, 3.05) is 6.61 Å². The van der Waals surface area contributed by atoms with Gasteiger partial charge in [0.05, 0.1) is 0 Å². The van der Waals surface area contributed by atoms with Gasteiger partial charge in [-0.15, -0.1) is 0 Å². The summed E-state index contributed by atoms with van der Waals surface area (Å²) < 4.78 is 31.2. The normalized spacial score (nSPS) is 22.2. The van der Waals surface area contributed by atoms with Crippen molar-refractivity contribution in [1.29, 1.82) is 0 Å². The summed E-state index contributed by atoms with van der Waals surface area (Å²) in [5, 5.41) is 3.46. The van der Waals surface area contributed by atoms with E-state index in [-0.39, 0.29) is 0 Å². The minimum absolute atomic E-state index is 0.497. The van der Waals surface area contributed by atoms with Gasteiger partial charge in [-0.05, 0) is 5.16 Å². The number of rotatable bonds is 9. The smallest absolute Gasteiger partial charge is 0.332 e. The Hall–Kier alpha value is -3.71. The molecule has 1 rings (SSSR count). The van der Waals surface area contributed by atoms with Gasteiger partial charge >= 0.3 is 35.8 Å². The largest absolute Gasteiger partial charge is 0.464 e. The fourth-order valence-electron chi connectivity index (χ4n) is 2.79. The summed E-state index contributed by atoms with van der Waals surface area (Å²) >= 11 is 0. The van der Waals surface area contributed by atoms with E-state index in [1.54, 1.807) is 0 Å². The molecule has 1 fully saturated rings. The third-order valence-corrected chi connectivity index (χ3v) is 3.74. The number of ether oxygens (including phenoxy) is 6. The molecule has 5 atom stereocenters. The molecule has 0 amide bonds. The van der Waals surface area contributed by atoms with E-state index in [4.69, 9.17) is 28.4 Å². The monoisotopic (exact) mass is 475 g/mol. The van der Waals surface area contributed by atoms with Gasteiger partial charge in [0.2, 0.25) is 6.10 Å². The van der Waals surface area contributed by atoms with Gasteiger partial charge in [-0.2, -0.15) is 0 Å². The summed E-state index contributed by atoms with van der Waals surface area (Å²) in [6.45, 7) is 5.77. The topological polar surface area (TPSA) is 179 Å². The van der Waals surface area contributed by atoms with Gasteiger partial charge in [0.25, 0.3) is 5.90 Å². The zero-order chi connectivity index (χ0) is 25.3. The van der Waals surface area contributed by atoms with Crippen LogP contribution in [0.15, 0.2) is 5.16 Å². The molecule has 0 aromatic rings. The average molecular weight is 475 g/mol. The second-order valence-corrected chi connectivity index (χ2v) is 6.72. The van der Waals surface area contributed by atoms with Crippen LogP contribution in [0.5, 0.6) is 0 Å².